The van der Waals surface area contributed by atoms with Gasteiger partial charge in [0.25, 0.3) is 10.1 Å². The van der Waals surface area contributed by atoms with Gasteiger partial charge in [0.05, 0.1) is 4.90 Å². The van der Waals surface area contributed by atoms with Crippen LogP contribution in [0.4, 0.5) is 16.0 Å². The van der Waals surface area contributed by atoms with Crippen LogP contribution in [-0.2, 0) is 10.1 Å². The molecule has 2 N–H and O–H groups in total. The normalized spacial score (nSPS) is 11.2. The van der Waals surface area contributed by atoms with Crippen molar-refractivity contribution in [1.82, 2.24) is 15.0 Å². The Morgan fingerprint density at radius 3 is 2.78 bits per heavy atom. The fourth-order valence-electron chi connectivity index (χ4n) is 1.17. The number of anilines is 2. The van der Waals surface area contributed by atoms with Crippen LogP contribution in [0, 0.1) is 12.4 Å². The second kappa shape index (κ2) is 4.63. The SMILES string of the molecule is O=S(=O)(O)c1cccc(Nc2n[c]nc(F)n2)c1. The molecule has 0 saturated carbocycles. The van der Waals surface area contributed by atoms with Gasteiger partial charge in [0, 0.05) is 5.69 Å². The summed E-state index contributed by atoms with van der Waals surface area (Å²) in [5, 5.41) is 2.55. The maximum absolute atomic E-state index is 12.7. The summed E-state index contributed by atoms with van der Waals surface area (Å²) in [6.45, 7) is 0. The Labute approximate surface area is 101 Å². The lowest BCUT2D eigenvalue weighted by Crippen LogP contribution is -2.02. The van der Waals surface area contributed by atoms with Crippen molar-refractivity contribution in [3.8, 4) is 0 Å². The first-order valence-electron chi connectivity index (χ1n) is 4.57. The zero-order valence-corrected chi connectivity index (χ0v) is 9.52. The van der Waals surface area contributed by atoms with Crippen LogP contribution in [0.5, 0.6) is 0 Å². The van der Waals surface area contributed by atoms with Crippen LogP contribution in [0.25, 0.3) is 0 Å². The lowest BCUT2D eigenvalue weighted by molar-refractivity contribution is 0.483. The number of hydrogen-bond donors (Lipinski definition) is 2. The first kappa shape index (κ1) is 12.3. The molecule has 0 amide bonds. The van der Waals surface area contributed by atoms with Crippen molar-refractivity contribution in [3.05, 3.63) is 36.7 Å². The van der Waals surface area contributed by atoms with Crippen LogP contribution in [0.3, 0.4) is 0 Å². The average molecular weight is 269 g/mol. The molecule has 0 aliphatic rings. The second-order valence-electron chi connectivity index (χ2n) is 3.16. The molecule has 0 unspecified atom stereocenters. The zero-order valence-electron chi connectivity index (χ0n) is 8.70. The smallest absolute Gasteiger partial charge is 0.314 e. The molecule has 1 heterocycles. The number of benzene rings is 1. The van der Waals surface area contributed by atoms with E-state index in [1.807, 2.05) is 6.33 Å². The van der Waals surface area contributed by atoms with Crippen LogP contribution in [0.1, 0.15) is 0 Å². The standard InChI is InChI=1S/C9H6FN4O3S/c10-8-11-5-12-9(14-8)13-6-2-1-3-7(4-6)18(15,16)17/h1-4H,(H,15,16,17)(H,11,12,13,14). The number of aromatic nitrogens is 3. The van der Waals surface area contributed by atoms with E-state index < -0.39 is 16.2 Å². The van der Waals surface area contributed by atoms with E-state index in [2.05, 4.69) is 20.3 Å². The van der Waals surface area contributed by atoms with Crippen LogP contribution in [-0.4, -0.2) is 27.9 Å². The number of nitrogens with zero attached hydrogens (tertiary/aromatic N) is 3. The van der Waals surface area contributed by atoms with Gasteiger partial charge in [-0.1, -0.05) is 6.07 Å². The first-order chi connectivity index (χ1) is 8.45. The number of halogens is 1. The Morgan fingerprint density at radius 2 is 2.11 bits per heavy atom. The summed E-state index contributed by atoms with van der Waals surface area (Å²) in [4.78, 5) is 9.58. The lowest BCUT2D eigenvalue weighted by Gasteiger charge is -2.04. The number of rotatable bonds is 3. The zero-order chi connectivity index (χ0) is 13.2. The summed E-state index contributed by atoms with van der Waals surface area (Å²) < 4.78 is 43.4. The van der Waals surface area contributed by atoms with Crippen LogP contribution >= 0.6 is 0 Å². The predicted molar refractivity (Wildman–Crippen MR) is 58.2 cm³/mol. The monoisotopic (exact) mass is 269 g/mol. The minimum atomic E-state index is -4.30. The van der Waals surface area contributed by atoms with Crippen molar-refractivity contribution in [2.75, 3.05) is 5.32 Å². The quantitative estimate of drug-likeness (QED) is 0.794. The first-order valence-corrected chi connectivity index (χ1v) is 6.01. The summed E-state index contributed by atoms with van der Waals surface area (Å²) in [5.74, 6) is -0.130. The molecular formula is C9H6FN4O3S. The van der Waals surface area contributed by atoms with E-state index in [1.54, 1.807) is 0 Å². The maximum atomic E-state index is 12.7. The van der Waals surface area contributed by atoms with Gasteiger partial charge in [-0.15, -0.1) is 0 Å². The summed E-state index contributed by atoms with van der Waals surface area (Å²) >= 11 is 0. The van der Waals surface area contributed by atoms with Gasteiger partial charge in [0.1, 0.15) is 0 Å². The molecule has 0 atom stereocenters. The minimum Gasteiger partial charge on any atom is -0.324 e. The van der Waals surface area contributed by atoms with Gasteiger partial charge in [-0.3, -0.25) is 4.55 Å². The van der Waals surface area contributed by atoms with Crippen LogP contribution in [0.2, 0.25) is 0 Å². The third-order valence-electron chi connectivity index (χ3n) is 1.88. The van der Waals surface area contributed by atoms with Crippen molar-refractivity contribution < 1.29 is 17.4 Å². The van der Waals surface area contributed by atoms with Gasteiger partial charge < -0.3 is 5.32 Å². The predicted octanol–water partition coefficient (Wildman–Crippen LogP) is 0.801. The molecule has 0 saturated heterocycles. The molecule has 0 aliphatic carbocycles. The number of hydrogen-bond acceptors (Lipinski definition) is 6. The molecule has 1 radical (unpaired) electrons. The molecule has 1 aromatic carbocycles. The van der Waals surface area contributed by atoms with Gasteiger partial charge in [0.15, 0.2) is 0 Å². The highest BCUT2D eigenvalue weighted by Crippen LogP contribution is 2.17. The fourth-order valence-corrected chi connectivity index (χ4v) is 1.70. The molecule has 0 bridgehead atoms. The molecule has 9 heteroatoms. The molecule has 1 aromatic heterocycles. The Bertz CT molecular complexity index is 677. The van der Waals surface area contributed by atoms with Crippen molar-refractivity contribution in [2.24, 2.45) is 0 Å². The van der Waals surface area contributed by atoms with Crippen molar-refractivity contribution in [1.29, 1.82) is 0 Å². The molecule has 0 aliphatic heterocycles. The van der Waals surface area contributed by atoms with E-state index in [4.69, 9.17) is 4.55 Å². The molecular weight excluding hydrogens is 263 g/mol. The summed E-state index contributed by atoms with van der Waals surface area (Å²) in [7, 11) is -4.30. The van der Waals surface area contributed by atoms with Crippen molar-refractivity contribution >= 4 is 21.8 Å². The van der Waals surface area contributed by atoms with Crippen LogP contribution < -0.4 is 5.32 Å². The summed E-state index contributed by atoms with van der Waals surface area (Å²) in [6.07, 6.45) is 1.01. The van der Waals surface area contributed by atoms with E-state index in [9.17, 15) is 12.8 Å². The fraction of sp³-hybridized carbons (Fsp3) is 0. The lowest BCUT2D eigenvalue weighted by atomic mass is 10.3. The Kier molecular flexibility index (Phi) is 3.17. The second-order valence-corrected chi connectivity index (χ2v) is 4.58. The third-order valence-corrected chi connectivity index (χ3v) is 2.73. The van der Waals surface area contributed by atoms with Gasteiger partial charge in [-0.05, 0) is 18.2 Å². The highest BCUT2D eigenvalue weighted by molar-refractivity contribution is 7.85. The Hall–Kier alpha value is -2.13. The summed E-state index contributed by atoms with van der Waals surface area (Å²) in [6, 6.07) is 5.25. The topological polar surface area (TPSA) is 105 Å². The van der Waals surface area contributed by atoms with Crippen molar-refractivity contribution in [2.45, 2.75) is 4.90 Å². The van der Waals surface area contributed by atoms with Crippen LogP contribution in [0.15, 0.2) is 29.2 Å². The van der Waals surface area contributed by atoms with Gasteiger partial charge in [0.2, 0.25) is 12.3 Å². The summed E-state index contributed by atoms with van der Waals surface area (Å²) in [5.41, 5.74) is 0.268. The Balaban J connectivity index is 2.30. The van der Waals surface area contributed by atoms with Crippen molar-refractivity contribution in [3.63, 3.8) is 0 Å². The van der Waals surface area contributed by atoms with E-state index in [0.717, 1.165) is 6.07 Å². The molecule has 0 fully saturated rings. The maximum Gasteiger partial charge on any atom is 0.314 e. The molecule has 2 rings (SSSR count). The highest BCUT2D eigenvalue weighted by atomic mass is 32.2. The third kappa shape index (κ3) is 2.96. The molecule has 7 nitrogen and oxygen atoms in total. The van der Waals surface area contributed by atoms with E-state index in [0.29, 0.717) is 0 Å². The van der Waals surface area contributed by atoms with E-state index in [-0.39, 0.29) is 16.5 Å². The molecule has 2 aromatic rings. The Morgan fingerprint density at radius 1 is 1.33 bits per heavy atom. The minimum absolute atomic E-state index is 0.130. The molecule has 18 heavy (non-hydrogen) atoms. The van der Waals surface area contributed by atoms with Gasteiger partial charge >= 0.3 is 6.08 Å². The van der Waals surface area contributed by atoms with E-state index >= 15 is 0 Å². The average Bonchev–Trinajstić information content (AvgIpc) is 2.28. The van der Waals surface area contributed by atoms with Gasteiger partial charge in [-0.2, -0.15) is 27.8 Å². The molecule has 0 spiro atoms. The van der Waals surface area contributed by atoms with Gasteiger partial charge in [-0.25, -0.2) is 0 Å². The largest absolute Gasteiger partial charge is 0.324 e. The highest BCUT2D eigenvalue weighted by Gasteiger charge is 2.10. The number of nitrogens with one attached hydrogen (secondary N) is 1. The van der Waals surface area contributed by atoms with E-state index in [1.165, 1.54) is 18.2 Å². The molecule has 93 valence electrons.